The SMILES string of the molecule is O=C(NCCOc1ccccc1F)Nc1ccc(Cl)cc1Cl. The third-order valence-corrected chi connectivity index (χ3v) is 3.21. The second-order valence-electron chi connectivity index (χ2n) is 4.28. The van der Waals surface area contributed by atoms with Crippen LogP contribution >= 0.6 is 23.2 Å². The Bertz CT molecular complexity index is 668. The summed E-state index contributed by atoms with van der Waals surface area (Å²) in [7, 11) is 0. The van der Waals surface area contributed by atoms with Crippen LogP contribution in [0.4, 0.5) is 14.9 Å². The molecule has 0 unspecified atom stereocenters. The number of hydrogen-bond acceptors (Lipinski definition) is 2. The van der Waals surface area contributed by atoms with Gasteiger partial charge in [0.25, 0.3) is 0 Å². The van der Waals surface area contributed by atoms with Crippen molar-refractivity contribution >= 4 is 34.9 Å². The molecule has 0 aliphatic rings. The lowest BCUT2D eigenvalue weighted by Gasteiger charge is -2.10. The van der Waals surface area contributed by atoms with Gasteiger partial charge in [-0.25, -0.2) is 9.18 Å². The average Bonchev–Trinajstić information content (AvgIpc) is 2.48. The summed E-state index contributed by atoms with van der Waals surface area (Å²) in [6, 6.07) is 10.4. The first-order valence-corrected chi connectivity index (χ1v) is 7.19. The number of hydrogen-bond donors (Lipinski definition) is 2. The van der Waals surface area contributed by atoms with Crippen LogP contribution in [0.5, 0.6) is 5.75 Å². The molecule has 4 nitrogen and oxygen atoms in total. The molecule has 2 N–H and O–H groups in total. The highest BCUT2D eigenvalue weighted by molar-refractivity contribution is 6.36. The molecule has 0 saturated heterocycles. The van der Waals surface area contributed by atoms with Gasteiger partial charge in [-0.05, 0) is 30.3 Å². The maximum absolute atomic E-state index is 13.3. The van der Waals surface area contributed by atoms with Crippen molar-refractivity contribution in [2.24, 2.45) is 0 Å². The first kappa shape index (κ1) is 16.4. The van der Waals surface area contributed by atoms with Crippen LogP contribution in [0.2, 0.25) is 10.0 Å². The van der Waals surface area contributed by atoms with Crippen LogP contribution in [0.15, 0.2) is 42.5 Å². The van der Waals surface area contributed by atoms with E-state index in [1.54, 1.807) is 24.3 Å². The number of ether oxygens (including phenoxy) is 1. The lowest BCUT2D eigenvalue weighted by atomic mass is 10.3. The minimum atomic E-state index is -0.445. The van der Waals surface area contributed by atoms with Crippen molar-refractivity contribution in [2.75, 3.05) is 18.5 Å². The molecule has 0 saturated carbocycles. The van der Waals surface area contributed by atoms with Gasteiger partial charge >= 0.3 is 6.03 Å². The number of para-hydroxylation sites is 1. The van der Waals surface area contributed by atoms with Crippen molar-refractivity contribution in [1.29, 1.82) is 0 Å². The molecule has 0 aliphatic carbocycles. The molecular weight excluding hydrogens is 330 g/mol. The van der Waals surface area contributed by atoms with Crippen LogP contribution in [0.25, 0.3) is 0 Å². The van der Waals surface area contributed by atoms with Crippen LogP contribution in [-0.2, 0) is 0 Å². The Morgan fingerprint density at radius 1 is 1.18 bits per heavy atom. The molecule has 2 amide bonds. The van der Waals surface area contributed by atoms with Gasteiger partial charge in [0.2, 0.25) is 0 Å². The number of carbonyl (C=O) groups excluding carboxylic acids is 1. The third-order valence-electron chi connectivity index (χ3n) is 2.66. The molecule has 116 valence electrons. The van der Waals surface area contributed by atoms with Crippen LogP contribution in [0, 0.1) is 5.82 Å². The number of amides is 2. The molecular formula is C15H13Cl2FN2O2. The molecule has 2 aromatic rings. The highest BCUT2D eigenvalue weighted by atomic mass is 35.5. The Morgan fingerprint density at radius 3 is 2.68 bits per heavy atom. The maximum Gasteiger partial charge on any atom is 0.319 e. The molecule has 0 aromatic heterocycles. The largest absolute Gasteiger partial charge is 0.489 e. The van der Waals surface area contributed by atoms with Gasteiger partial charge in [-0.2, -0.15) is 0 Å². The summed E-state index contributed by atoms with van der Waals surface area (Å²) in [5, 5.41) is 5.97. The zero-order chi connectivity index (χ0) is 15.9. The van der Waals surface area contributed by atoms with Gasteiger partial charge in [0.1, 0.15) is 6.61 Å². The number of carbonyl (C=O) groups is 1. The number of urea groups is 1. The van der Waals surface area contributed by atoms with Crippen molar-refractivity contribution < 1.29 is 13.9 Å². The van der Waals surface area contributed by atoms with E-state index >= 15 is 0 Å². The molecule has 0 radical (unpaired) electrons. The van der Waals surface area contributed by atoms with Crippen molar-refractivity contribution in [1.82, 2.24) is 5.32 Å². The number of nitrogens with one attached hydrogen (secondary N) is 2. The second-order valence-corrected chi connectivity index (χ2v) is 5.13. The Kier molecular flexibility index (Phi) is 5.86. The Morgan fingerprint density at radius 2 is 1.95 bits per heavy atom. The number of anilines is 1. The number of rotatable bonds is 5. The molecule has 22 heavy (non-hydrogen) atoms. The van der Waals surface area contributed by atoms with E-state index in [4.69, 9.17) is 27.9 Å². The third kappa shape index (κ3) is 4.79. The highest BCUT2D eigenvalue weighted by Crippen LogP contribution is 2.25. The van der Waals surface area contributed by atoms with E-state index in [-0.39, 0.29) is 18.9 Å². The summed E-state index contributed by atoms with van der Waals surface area (Å²) in [6.45, 7) is 0.355. The smallest absolute Gasteiger partial charge is 0.319 e. The van der Waals surface area contributed by atoms with E-state index in [0.717, 1.165) is 0 Å². The topological polar surface area (TPSA) is 50.4 Å². The van der Waals surface area contributed by atoms with Gasteiger partial charge in [0.05, 0.1) is 17.3 Å². The first-order valence-electron chi connectivity index (χ1n) is 6.43. The van der Waals surface area contributed by atoms with Gasteiger partial charge in [-0.15, -0.1) is 0 Å². The van der Waals surface area contributed by atoms with Crippen LogP contribution in [0.1, 0.15) is 0 Å². The van der Waals surface area contributed by atoms with E-state index in [2.05, 4.69) is 10.6 Å². The Hall–Kier alpha value is -1.98. The lowest BCUT2D eigenvalue weighted by molar-refractivity contribution is 0.246. The van der Waals surface area contributed by atoms with Crippen LogP contribution in [0.3, 0.4) is 0 Å². The van der Waals surface area contributed by atoms with Gasteiger partial charge in [-0.3, -0.25) is 0 Å². The first-order chi connectivity index (χ1) is 10.6. The minimum absolute atomic E-state index is 0.142. The maximum atomic E-state index is 13.3. The average molecular weight is 343 g/mol. The fraction of sp³-hybridized carbons (Fsp3) is 0.133. The van der Waals surface area contributed by atoms with Gasteiger partial charge in [0.15, 0.2) is 11.6 Å². The van der Waals surface area contributed by atoms with Crippen LogP contribution < -0.4 is 15.4 Å². The monoisotopic (exact) mass is 342 g/mol. The number of benzene rings is 2. The molecule has 0 fully saturated rings. The van der Waals surface area contributed by atoms with Crippen molar-refractivity contribution in [3.8, 4) is 5.75 Å². The lowest BCUT2D eigenvalue weighted by Crippen LogP contribution is -2.32. The predicted molar refractivity (Wildman–Crippen MR) is 85.4 cm³/mol. The van der Waals surface area contributed by atoms with E-state index in [0.29, 0.717) is 15.7 Å². The molecule has 0 bridgehead atoms. The summed E-state index contributed by atoms with van der Waals surface area (Å²) >= 11 is 11.7. The highest BCUT2D eigenvalue weighted by Gasteiger charge is 2.06. The van der Waals surface area contributed by atoms with Crippen molar-refractivity contribution in [3.63, 3.8) is 0 Å². The summed E-state index contributed by atoms with van der Waals surface area (Å²) in [6.07, 6.45) is 0. The molecule has 2 aromatic carbocycles. The van der Waals surface area contributed by atoms with E-state index in [9.17, 15) is 9.18 Å². The normalized spacial score (nSPS) is 10.1. The molecule has 2 rings (SSSR count). The molecule has 0 atom stereocenters. The van der Waals surface area contributed by atoms with Crippen molar-refractivity contribution in [3.05, 3.63) is 58.3 Å². The summed E-state index contributed by atoms with van der Waals surface area (Å²) < 4.78 is 18.5. The quantitative estimate of drug-likeness (QED) is 0.794. The zero-order valence-corrected chi connectivity index (χ0v) is 12.9. The predicted octanol–water partition coefficient (Wildman–Crippen LogP) is 4.33. The zero-order valence-electron chi connectivity index (χ0n) is 11.4. The van der Waals surface area contributed by atoms with Crippen molar-refractivity contribution in [2.45, 2.75) is 0 Å². The summed E-state index contributed by atoms with van der Waals surface area (Å²) in [4.78, 5) is 11.7. The molecule has 0 heterocycles. The molecule has 0 aliphatic heterocycles. The van der Waals surface area contributed by atoms with Gasteiger partial charge in [0, 0.05) is 5.02 Å². The standard InChI is InChI=1S/C15H13Cl2FN2O2/c16-10-5-6-13(11(17)9-10)20-15(21)19-7-8-22-14-4-2-1-3-12(14)18/h1-6,9H,7-8H2,(H2,19,20,21). The number of halogens is 3. The fourth-order valence-electron chi connectivity index (χ4n) is 1.64. The van der Waals surface area contributed by atoms with Gasteiger partial charge < -0.3 is 15.4 Å². The van der Waals surface area contributed by atoms with Crippen LogP contribution in [-0.4, -0.2) is 19.2 Å². The fourth-order valence-corrected chi connectivity index (χ4v) is 2.10. The summed E-state index contributed by atoms with van der Waals surface area (Å²) in [5.41, 5.74) is 0.443. The Balaban J connectivity index is 1.75. The minimum Gasteiger partial charge on any atom is -0.489 e. The molecule has 0 spiro atoms. The molecule has 7 heteroatoms. The van der Waals surface area contributed by atoms with Gasteiger partial charge in [-0.1, -0.05) is 35.3 Å². The van der Waals surface area contributed by atoms with E-state index in [1.165, 1.54) is 18.2 Å². The van der Waals surface area contributed by atoms with E-state index < -0.39 is 11.8 Å². The van der Waals surface area contributed by atoms with E-state index in [1.807, 2.05) is 0 Å². The Labute approximate surface area is 137 Å². The second kappa shape index (κ2) is 7.87. The summed E-state index contributed by atoms with van der Waals surface area (Å²) in [5.74, 6) is -0.301.